The molecular weight excluding hydrogens is 286 g/mol. The highest BCUT2D eigenvalue weighted by atomic mass is 35.5. The molecule has 1 aliphatic rings. The molecule has 0 fully saturated rings. The SMILES string of the molecule is O=C(CN1CCOc2ccccc2C1)c1cccc(Cl)c1. The number of para-hydroxylation sites is 1. The molecule has 0 saturated carbocycles. The normalized spacial score (nSPS) is 14.9. The summed E-state index contributed by atoms with van der Waals surface area (Å²) in [6.45, 7) is 2.43. The van der Waals surface area contributed by atoms with Crippen molar-refractivity contribution in [1.29, 1.82) is 0 Å². The molecule has 1 heterocycles. The van der Waals surface area contributed by atoms with Crippen LogP contribution in [-0.4, -0.2) is 30.4 Å². The van der Waals surface area contributed by atoms with E-state index in [2.05, 4.69) is 4.90 Å². The predicted molar refractivity (Wildman–Crippen MR) is 83.0 cm³/mol. The zero-order chi connectivity index (χ0) is 14.7. The summed E-state index contributed by atoms with van der Waals surface area (Å²) < 4.78 is 5.71. The van der Waals surface area contributed by atoms with Crippen LogP contribution in [0.1, 0.15) is 15.9 Å². The van der Waals surface area contributed by atoms with E-state index in [1.54, 1.807) is 24.3 Å². The molecule has 0 N–H and O–H groups in total. The van der Waals surface area contributed by atoms with Gasteiger partial charge in [0.1, 0.15) is 12.4 Å². The number of Topliss-reactive ketones (excluding diaryl/α,β-unsaturated/α-hetero) is 1. The number of rotatable bonds is 3. The molecule has 0 unspecified atom stereocenters. The zero-order valence-electron chi connectivity index (χ0n) is 11.6. The van der Waals surface area contributed by atoms with Gasteiger partial charge in [0.25, 0.3) is 0 Å². The van der Waals surface area contributed by atoms with Gasteiger partial charge in [0.05, 0.1) is 6.54 Å². The molecule has 0 amide bonds. The van der Waals surface area contributed by atoms with Crippen molar-refractivity contribution in [2.45, 2.75) is 6.54 Å². The second-order valence-electron chi connectivity index (χ2n) is 5.10. The summed E-state index contributed by atoms with van der Waals surface area (Å²) in [5.74, 6) is 0.993. The lowest BCUT2D eigenvalue weighted by atomic mass is 10.1. The first-order valence-electron chi connectivity index (χ1n) is 6.94. The van der Waals surface area contributed by atoms with E-state index in [-0.39, 0.29) is 5.78 Å². The number of ketones is 1. The van der Waals surface area contributed by atoms with E-state index in [0.29, 0.717) is 23.7 Å². The Balaban J connectivity index is 1.72. The van der Waals surface area contributed by atoms with Crippen molar-refractivity contribution >= 4 is 17.4 Å². The maximum Gasteiger partial charge on any atom is 0.176 e. The van der Waals surface area contributed by atoms with Gasteiger partial charge in [-0.15, -0.1) is 0 Å². The highest BCUT2D eigenvalue weighted by Crippen LogP contribution is 2.22. The lowest BCUT2D eigenvalue weighted by Gasteiger charge is -2.18. The summed E-state index contributed by atoms with van der Waals surface area (Å²) in [6, 6.07) is 15.1. The van der Waals surface area contributed by atoms with Gasteiger partial charge in [0.15, 0.2) is 5.78 Å². The average Bonchev–Trinajstić information content (AvgIpc) is 2.68. The van der Waals surface area contributed by atoms with E-state index in [0.717, 1.165) is 24.4 Å². The Kier molecular flexibility index (Phi) is 4.23. The van der Waals surface area contributed by atoms with Crippen LogP contribution in [0.3, 0.4) is 0 Å². The topological polar surface area (TPSA) is 29.5 Å². The molecule has 3 nitrogen and oxygen atoms in total. The molecule has 0 saturated heterocycles. The van der Waals surface area contributed by atoms with Gasteiger partial charge >= 0.3 is 0 Å². The van der Waals surface area contributed by atoms with Gasteiger partial charge in [0.2, 0.25) is 0 Å². The van der Waals surface area contributed by atoms with Crippen molar-refractivity contribution < 1.29 is 9.53 Å². The molecule has 4 heteroatoms. The lowest BCUT2D eigenvalue weighted by Crippen LogP contribution is -2.31. The van der Waals surface area contributed by atoms with Gasteiger partial charge in [-0.3, -0.25) is 9.69 Å². The summed E-state index contributed by atoms with van der Waals surface area (Å²) in [5.41, 5.74) is 1.77. The Morgan fingerprint density at radius 1 is 1.19 bits per heavy atom. The molecule has 0 bridgehead atoms. The first-order chi connectivity index (χ1) is 10.2. The van der Waals surface area contributed by atoms with Crippen molar-refractivity contribution in [2.75, 3.05) is 19.7 Å². The second kappa shape index (κ2) is 6.29. The minimum Gasteiger partial charge on any atom is -0.492 e. The summed E-state index contributed by atoms with van der Waals surface area (Å²) >= 11 is 5.94. The van der Waals surface area contributed by atoms with Crippen molar-refractivity contribution in [3.63, 3.8) is 0 Å². The first kappa shape index (κ1) is 14.1. The van der Waals surface area contributed by atoms with Gasteiger partial charge in [-0.1, -0.05) is 41.9 Å². The zero-order valence-corrected chi connectivity index (χ0v) is 12.3. The number of halogens is 1. The summed E-state index contributed by atoms with van der Waals surface area (Å²) in [7, 11) is 0. The quantitative estimate of drug-likeness (QED) is 0.814. The fourth-order valence-corrected chi connectivity index (χ4v) is 2.66. The lowest BCUT2D eigenvalue weighted by molar-refractivity contribution is 0.0921. The third-order valence-electron chi connectivity index (χ3n) is 3.55. The Hall–Kier alpha value is -1.84. The third kappa shape index (κ3) is 3.43. The summed E-state index contributed by atoms with van der Waals surface area (Å²) in [4.78, 5) is 14.5. The molecule has 21 heavy (non-hydrogen) atoms. The van der Waals surface area contributed by atoms with Crippen LogP contribution in [0.5, 0.6) is 5.75 Å². The number of nitrogens with zero attached hydrogens (tertiary/aromatic N) is 1. The van der Waals surface area contributed by atoms with Gasteiger partial charge < -0.3 is 4.74 Å². The maximum atomic E-state index is 12.3. The molecule has 0 aliphatic carbocycles. The van der Waals surface area contributed by atoms with Gasteiger partial charge in [-0.2, -0.15) is 0 Å². The fraction of sp³-hybridized carbons (Fsp3) is 0.235. The monoisotopic (exact) mass is 301 g/mol. The smallest absolute Gasteiger partial charge is 0.176 e. The molecule has 0 atom stereocenters. The second-order valence-corrected chi connectivity index (χ2v) is 5.54. The van der Waals surface area contributed by atoms with E-state index in [1.165, 1.54) is 0 Å². The van der Waals surface area contributed by atoms with Crippen LogP contribution < -0.4 is 4.74 Å². The molecule has 0 spiro atoms. The number of benzene rings is 2. The van der Waals surface area contributed by atoms with Gasteiger partial charge in [-0.25, -0.2) is 0 Å². The standard InChI is InChI=1S/C17H16ClNO2/c18-15-6-3-5-13(10-15)16(20)12-19-8-9-21-17-7-2-1-4-14(17)11-19/h1-7,10H,8-9,11-12H2. The third-order valence-corrected chi connectivity index (χ3v) is 3.78. The molecule has 108 valence electrons. The molecule has 0 aromatic heterocycles. The molecule has 2 aromatic carbocycles. The highest BCUT2D eigenvalue weighted by molar-refractivity contribution is 6.31. The molecule has 2 aromatic rings. The van der Waals surface area contributed by atoms with Crippen LogP contribution in [0.15, 0.2) is 48.5 Å². The average molecular weight is 302 g/mol. The number of fused-ring (bicyclic) bond motifs is 1. The van der Waals surface area contributed by atoms with Gasteiger partial charge in [0, 0.05) is 29.2 Å². The summed E-state index contributed by atoms with van der Waals surface area (Å²) in [5, 5.41) is 0.588. The van der Waals surface area contributed by atoms with Crippen molar-refractivity contribution in [2.24, 2.45) is 0 Å². The molecule has 3 rings (SSSR count). The van der Waals surface area contributed by atoms with Crippen LogP contribution in [0.25, 0.3) is 0 Å². The van der Waals surface area contributed by atoms with Crippen LogP contribution in [0, 0.1) is 0 Å². The van der Waals surface area contributed by atoms with Crippen LogP contribution in [-0.2, 0) is 6.54 Å². The van der Waals surface area contributed by atoms with E-state index in [4.69, 9.17) is 16.3 Å². The minimum atomic E-state index is 0.0804. The Morgan fingerprint density at radius 3 is 2.90 bits per heavy atom. The van der Waals surface area contributed by atoms with E-state index in [9.17, 15) is 4.79 Å². The van der Waals surface area contributed by atoms with E-state index in [1.807, 2.05) is 24.3 Å². The number of ether oxygens (including phenoxy) is 1. The fourth-order valence-electron chi connectivity index (χ4n) is 2.47. The molecular formula is C17H16ClNO2. The number of carbonyl (C=O) groups excluding carboxylic acids is 1. The number of carbonyl (C=O) groups is 1. The number of hydrogen-bond acceptors (Lipinski definition) is 3. The maximum absolute atomic E-state index is 12.3. The Bertz CT molecular complexity index is 657. The highest BCUT2D eigenvalue weighted by Gasteiger charge is 2.18. The minimum absolute atomic E-state index is 0.0804. The predicted octanol–water partition coefficient (Wildman–Crippen LogP) is 3.42. The molecule has 0 radical (unpaired) electrons. The van der Waals surface area contributed by atoms with Crippen molar-refractivity contribution in [1.82, 2.24) is 4.90 Å². The van der Waals surface area contributed by atoms with Crippen LogP contribution >= 0.6 is 11.6 Å². The number of hydrogen-bond donors (Lipinski definition) is 0. The Morgan fingerprint density at radius 2 is 2.05 bits per heavy atom. The first-order valence-corrected chi connectivity index (χ1v) is 7.32. The Labute approximate surface area is 129 Å². The van der Waals surface area contributed by atoms with Gasteiger partial charge in [-0.05, 0) is 18.2 Å². The largest absolute Gasteiger partial charge is 0.492 e. The molecule has 1 aliphatic heterocycles. The van der Waals surface area contributed by atoms with E-state index < -0.39 is 0 Å². The van der Waals surface area contributed by atoms with E-state index >= 15 is 0 Å². The van der Waals surface area contributed by atoms with Crippen LogP contribution in [0.2, 0.25) is 5.02 Å². The summed E-state index contributed by atoms with van der Waals surface area (Å²) in [6.07, 6.45) is 0. The van der Waals surface area contributed by atoms with Crippen molar-refractivity contribution in [3.8, 4) is 5.75 Å². The van der Waals surface area contributed by atoms with Crippen molar-refractivity contribution in [3.05, 3.63) is 64.7 Å². The van der Waals surface area contributed by atoms with Crippen LogP contribution in [0.4, 0.5) is 0 Å².